The van der Waals surface area contributed by atoms with Gasteiger partial charge in [0.15, 0.2) is 0 Å². The summed E-state index contributed by atoms with van der Waals surface area (Å²) in [6.45, 7) is 15.4. The number of aromatic nitrogens is 2. The van der Waals surface area contributed by atoms with Crippen molar-refractivity contribution >= 4 is 23.7 Å². The molecule has 0 N–H and O–H groups in total. The van der Waals surface area contributed by atoms with Crippen molar-refractivity contribution in [1.29, 1.82) is 5.26 Å². The van der Waals surface area contributed by atoms with Gasteiger partial charge in [-0.25, -0.2) is 4.79 Å². The third kappa shape index (κ3) is 11.5. The Morgan fingerprint density at radius 2 is 1.73 bits per heavy atom. The minimum Gasteiger partial charge on any atom is -0.467 e. The molecule has 1 aromatic rings. The zero-order chi connectivity index (χ0) is 36.0. The van der Waals surface area contributed by atoms with Gasteiger partial charge >= 0.3 is 12.1 Å². The maximum absolute atomic E-state index is 12.9. The number of hydrogen-bond donors (Lipinski definition) is 0. The number of ether oxygens (including phenoxy) is 2. The number of piperazine rings is 1. The number of methoxy groups -OCH3 is 1. The first-order chi connectivity index (χ1) is 23.5. The van der Waals surface area contributed by atoms with E-state index in [0.717, 1.165) is 42.9 Å². The van der Waals surface area contributed by atoms with Crippen molar-refractivity contribution < 1.29 is 14.3 Å². The molecule has 1 amide bonds. The summed E-state index contributed by atoms with van der Waals surface area (Å²) in [5.74, 6) is 0.838. The second-order valence-corrected chi connectivity index (χ2v) is 14.6. The highest BCUT2D eigenvalue weighted by Crippen LogP contribution is 2.36. The standard InChI is InChI=1S/C31H42N6O3.C5H11N.C2H6S/c1-7-10-22-12-9-13-27(24(22)11-8-2)35-17-15-25-26(21-35)33-29(39-6)34-28(25)36-18-19-37(23(20-36)14-16-32)30(38)40-31(3,4)5;1-6-4-2-3-5-6;1-3-2/h7-8,10-11,13,23H,9,12,14-15,17-21H2,1-6H3;2-5H2,1H3;1-2H3/b10-7-,11-8-;;. The van der Waals surface area contributed by atoms with Crippen LogP contribution in [0.4, 0.5) is 10.6 Å². The molecule has 1 aliphatic carbocycles. The second-order valence-electron chi connectivity index (χ2n) is 13.8. The molecule has 4 aliphatic rings. The molecule has 270 valence electrons. The SMILES string of the molecule is C/C=C\C1=C(/C=C\C)C(N2CCc3c(nc(OC)nc3N3CCN(C(=O)OC(C)(C)C)C(CC#N)C3)C2)=CCC1.CN1CCCC1.CSC. The minimum atomic E-state index is -0.598. The number of rotatable bonds is 6. The monoisotopic (exact) mass is 693 g/mol. The Hall–Kier alpha value is -3.49. The van der Waals surface area contributed by atoms with E-state index in [-0.39, 0.29) is 18.6 Å². The molecule has 0 radical (unpaired) electrons. The van der Waals surface area contributed by atoms with Gasteiger partial charge in [0.1, 0.15) is 11.4 Å². The summed E-state index contributed by atoms with van der Waals surface area (Å²) >= 11 is 1.75. The maximum Gasteiger partial charge on any atom is 0.410 e. The molecule has 0 bridgehead atoms. The first-order valence-electron chi connectivity index (χ1n) is 17.6. The van der Waals surface area contributed by atoms with E-state index >= 15 is 0 Å². The average molecular weight is 694 g/mol. The van der Waals surface area contributed by atoms with E-state index < -0.39 is 5.60 Å². The Balaban J connectivity index is 0.000000633. The fraction of sp³-hybridized carbons (Fsp3) is 0.632. The van der Waals surface area contributed by atoms with Crippen LogP contribution in [0.5, 0.6) is 6.01 Å². The molecule has 1 unspecified atom stereocenters. The van der Waals surface area contributed by atoms with Crippen LogP contribution >= 0.6 is 11.8 Å². The second kappa shape index (κ2) is 19.6. The largest absolute Gasteiger partial charge is 0.467 e. The van der Waals surface area contributed by atoms with Gasteiger partial charge < -0.3 is 29.1 Å². The number of allylic oxidation sites excluding steroid dienone is 6. The van der Waals surface area contributed by atoms with Crippen molar-refractivity contribution in [3.63, 3.8) is 0 Å². The molecule has 0 saturated carbocycles. The molecule has 11 heteroatoms. The van der Waals surface area contributed by atoms with Crippen LogP contribution in [0.1, 0.15) is 78.0 Å². The highest BCUT2D eigenvalue weighted by molar-refractivity contribution is 7.97. The Bertz CT molecular complexity index is 1400. The van der Waals surface area contributed by atoms with Crippen LogP contribution in [0.15, 0.2) is 47.2 Å². The molecule has 10 nitrogen and oxygen atoms in total. The third-order valence-electron chi connectivity index (χ3n) is 8.69. The number of carbonyl (C=O) groups excluding carboxylic acids is 1. The lowest BCUT2D eigenvalue weighted by Crippen LogP contribution is -2.56. The lowest BCUT2D eigenvalue weighted by atomic mass is 9.91. The number of likely N-dealkylation sites (tertiary alicyclic amines) is 1. The summed E-state index contributed by atoms with van der Waals surface area (Å²) in [6.07, 6.45) is 20.6. The van der Waals surface area contributed by atoms with E-state index in [2.05, 4.69) is 72.0 Å². The van der Waals surface area contributed by atoms with Gasteiger partial charge in [0.05, 0.1) is 37.9 Å². The molecular formula is C38H59N7O3S. The fourth-order valence-electron chi connectivity index (χ4n) is 6.52. The molecule has 2 saturated heterocycles. The first-order valence-corrected chi connectivity index (χ1v) is 19.2. The summed E-state index contributed by atoms with van der Waals surface area (Å²) in [4.78, 5) is 31.1. The number of amides is 1. The van der Waals surface area contributed by atoms with E-state index in [1.165, 1.54) is 42.8 Å². The van der Waals surface area contributed by atoms with Crippen LogP contribution in [0.25, 0.3) is 0 Å². The van der Waals surface area contributed by atoms with E-state index in [4.69, 9.17) is 19.4 Å². The Kier molecular flexibility index (Phi) is 16.0. The van der Waals surface area contributed by atoms with Gasteiger partial charge in [-0.15, -0.1) is 0 Å². The fourth-order valence-corrected chi connectivity index (χ4v) is 6.52. The minimum absolute atomic E-state index is 0.219. The molecule has 49 heavy (non-hydrogen) atoms. The average Bonchev–Trinajstić information content (AvgIpc) is 3.55. The smallest absolute Gasteiger partial charge is 0.410 e. The van der Waals surface area contributed by atoms with Gasteiger partial charge in [0.25, 0.3) is 0 Å². The number of thioether (sulfide) groups is 1. The number of anilines is 1. The summed E-state index contributed by atoms with van der Waals surface area (Å²) in [7, 11) is 3.76. The van der Waals surface area contributed by atoms with Crippen LogP contribution in [0, 0.1) is 11.3 Å². The highest BCUT2D eigenvalue weighted by Gasteiger charge is 2.36. The summed E-state index contributed by atoms with van der Waals surface area (Å²) in [5, 5.41) is 9.53. The Labute approximate surface area is 299 Å². The number of nitrogens with zero attached hydrogens (tertiary/aromatic N) is 7. The highest BCUT2D eigenvalue weighted by atomic mass is 32.2. The molecule has 4 heterocycles. The van der Waals surface area contributed by atoms with Gasteiger partial charge in [0.2, 0.25) is 0 Å². The van der Waals surface area contributed by atoms with Crippen molar-refractivity contribution in [3.05, 3.63) is 58.5 Å². The normalized spacial score (nSPS) is 19.9. The molecule has 0 aromatic carbocycles. The Morgan fingerprint density at radius 1 is 1.04 bits per heavy atom. The quantitative estimate of drug-likeness (QED) is 0.310. The molecule has 1 atom stereocenters. The zero-order valence-corrected chi connectivity index (χ0v) is 32.2. The van der Waals surface area contributed by atoms with E-state index in [1.54, 1.807) is 23.8 Å². The molecule has 5 rings (SSSR count). The van der Waals surface area contributed by atoms with Gasteiger partial charge in [-0.2, -0.15) is 27.0 Å². The van der Waals surface area contributed by atoms with Crippen LogP contribution in [-0.4, -0.2) is 108 Å². The van der Waals surface area contributed by atoms with E-state index in [0.29, 0.717) is 32.2 Å². The van der Waals surface area contributed by atoms with E-state index in [1.807, 2.05) is 33.3 Å². The van der Waals surface area contributed by atoms with Gasteiger partial charge in [-0.1, -0.05) is 30.4 Å². The van der Waals surface area contributed by atoms with Gasteiger partial charge in [-0.3, -0.25) is 0 Å². The van der Waals surface area contributed by atoms with Gasteiger partial charge in [0, 0.05) is 43.0 Å². The number of fused-ring (bicyclic) bond motifs is 1. The molecular weight excluding hydrogens is 635 g/mol. The number of hydrogen-bond acceptors (Lipinski definition) is 10. The summed E-state index contributed by atoms with van der Waals surface area (Å²) < 4.78 is 11.2. The van der Waals surface area contributed by atoms with Crippen LogP contribution in [0.2, 0.25) is 0 Å². The molecule has 1 aromatic heterocycles. The van der Waals surface area contributed by atoms with Crippen molar-refractivity contribution in [3.8, 4) is 12.1 Å². The lowest BCUT2D eigenvalue weighted by Gasteiger charge is -2.42. The zero-order valence-electron chi connectivity index (χ0n) is 31.4. The van der Waals surface area contributed by atoms with Crippen LogP contribution < -0.4 is 9.64 Å². The maximum atomic E-state index is 12.9. The summed E-state index contributed by atoms with van der Waals surface area (Å²) in [5.41, 5.74) is 5.35. The summed E-state index contributed by atoms with van der Waals surface area (Å²) in [6, 6.07) is 2.29. The molecule has 0 spiro atoms. The topological polar surface area (TPSA) is 98.1 Å². The van der Waals surface area contributed by atoms with E-state index in [9.17, 15) is 10.1 Å². The predicted molar refractivity (Wildman–Crippen MR) is 202 cm³/mol. The third-order valence-corrected chi connectivity index (χ3v) is 8.69. The van der Waals surface area contributed by atoms with Crippen molar-refractivity contribution in [2.45, 2.75) is 91.3 Å². The number of carbonyl (C=O) groups is 1. The lowest BCUT2D eigenvalue weighted by molar-refractivity contribution is 0.0144. The van der Waals surface area contributed by atoms with Crippen molar-refractivity contribution in [1.82, 2.24) is 24.7 Å². The first kappa shape index (κ1) is 39.9. The predicted octanol–water partition coefficient (Wildman–Crippen LogP) is 7.00. The molecule has 2 fully saturated rings. The van der Waals surface area contributed by atoms with Gasteiger partial charge in [-0.05, 0) is 105 Å². The molecule has 3 aliphatic heterocycles. The van der Waals surface area contributed by atoms with Crippen LogP contribution in [0.3, 0.4) is 0 Å². The van der Waals surface area contributed by atoms with Crippen molar-refractivity contribution in [2.75, 3.05) is 70.8 Å². The van der Waals surface area contributed by atoms with Crippen molar-refractivity contribution in [2.24, 2.45) is 0 Å². The van der Waals surface area contributed by atoms with Crippen LogP contribution in [-0.2, 0) is 17.7 Å². The Morgan fingerprint density at radius 3 is 2.31 bits per heavy atom. The number of nitriles is 1.